The summed E-state index contributed by atoms with van der Waals surface area (Å²) in [7, 11) is 1.43. The summed E-state index contributed by atoms with van der Waals surface area (Å²) in [6, 6.07) is 14.6. The molecule has 0 fully saturated rings. The molecule has 0 radical (unpaired) electrons. The molecule has 2 aromatic carbocycles. The summed E-state index contributed by atoms with van der Waals surface area (Å²) in [5, 5.41) is 7.23. The van der Waals surface area contributed by atoms with E-state index in [1.54, 1.807) is 18.3 Å². The molecule has 3 aromatic rings. The summed E-state index contributed by atoms with van der Waals surface area (Å²) in [5.41, 5.74) is 2.82. The number of nitrogens with zero attached hydrogens (tertiary/aromatic N) is 2. The highest BCUT2D eigenvalue weighted by Gasteiger charge is 2.07. The molecule has 1 heterocycles. The molecule has 6 heteroatoms. The number of aryl methyl sites for hydroxylation is 1. The number of aromatic nitrogens is 2. The van der Waals surface area contributed by atoms with Gasteiger partial charge in [0.2, 0.25) is 5.91 Å². The topological polar surface area (TPSA) is 56.1 Å². The van der Waals surface area contributed by atoms with E-state index in [-0.39, 0.29) is 11.7 Å². The van der Waals surface area contributed by atoms with Gasteiger partial charge in [-0.2, -0.15) is 5.10 Å². The summed E-state index contributed by atoms with van der Waals surface area (Å²) >= 11 is 0. The van der Waals surface area contributed by atoms with Crippen LogP contribution in [0.25, 0.3) is 5.69 Å². The van der Waals surface area contributed by atoms with E-state index >= 15 is 0 Å². The molecule has 0 aliphatic rings. The van der Waals surface area contributed by atoms with E-state index in [9.17, 15) is 9.18 Å². The predicted octanol–water partition coefficient (Wildman–Crippen LogP) is 3.31. The summed E-state index contributed by atoms with van der Waals surface area (Å²) < 4.78 is 20.4. The fourth-order valence-corrected chi connectivity index (χ4v) is 2.77. The molecular weight excluding hydrogens is 345 g/mol. The second kappa shape index (κ2) is 8.98. The molecule has 1 amide bonds. The average molecular weight is 367 g/mol. The van der Waals surface area contributed by atoms with Crippen LogP contribution in [0.2, 0.25) is 0 Å². The Morgan fingerprint density at radius 1 is 1.15 bits per heavy atom. The van der Waals surface area contributed by atoms with Crippen LogP contribution in [-0.4, -0.2) is 29.3 Å². The van der Waals surface area contributed by atoms with Gasteiger partial charge in [0.25, 0.3) is 0 Å². The highest BCUT2D eigenvalue weighted by molar-refractivity contribution is 5.76. The van der Waals surface area contributed by atoms with E-state index in [0.29, 0.717) is 25.8 Å². The zero-order valence-corrected chi connectivity index (χ0v) is 15.2. The largest absolute Gasteiger partial charge is 0.494 e. The van der Waals surface area contributed by atoms with Gasteiger partial charge in [-0.3, -0.25) is 4.79 Å². The lowest BCUT2D eigenvalue weighted by Crippen LogP contribution is -2.25. The van der Waals surface area contributed by atoms with Crippen molar-refractivity contribution in [3.63, 3.8) is 0 Å². The molecule has 0 aliphatic carbocycles. The van der Waals surface area contributed by atoms with Gasteiger partial charge in [-0.1, -0.05) is 24.3 Å². The number of para-hydroxylation sites is 1. The van der Waals surface area contributed by atoms with Gasteiger partial charge in [-0.15, -0.1) is 0 Å². The Morgan fingerprint density at radius 3 is 2.70 bits per heavy atom. The first kappa shape index (κ1) is 18.6. The standard InChI is InChI=1S/C21H22FN3O2/c1-27-20-9-7-16(13-19(20)22)8-10-21(26)23-12-11-17-14-24-25(15-17)18-5-3-2-4-6-18/h2-7,9,13-15H,8,10-12H2,1H3,(H,23,26). The Bertz CT molecular complexity index is 893. The molecule has 0 spiro atoms. The van der Waals surface area contributed by atoms with Gasteiger partial charge in [0, 0.05) is 19.2 Å². The molecule has 0 unspecified atom stereocenters. The number of hydrogen-bond donors (Lipinski definition) is 1. The number of amides is 1. The monoisotopic (exact) mass is 367 g/mol. The van der Waals surface area contributed by atoms with Crippen molar-refractivity contribution < 1.29 is 13.9 Å². The van der Waals surface area contributed by atoms with Gasteiger partial charge in [-0.05, 0) is 48.2 Å². The average Bonchev–Trinajstić information content (AvgIpc) is 3.16. The Labute approximate surface area is 157 Å². The second-order valence-electron chi connectivity index (χ2n) is 6.20. The number of carbonyl (C=O) groups is 1. The molecule has 0 saturated heterocycles. The van der Waals surface area contributed by atoms with Gasteiger partial charge < -0.3 is 10.1 Å². The molecule has 0 saturated carbocycles. The van der Waals surface area contributed by atoms with Crippen molar-refractivity contribution in [2.45, 2.75) is 19.3 Å². The van der Waals surface area contributed by atoms with Crippen molar-refractivity contribution in [2.24, 2.45) is 0 Å². The third kappa shape index (κ3) is 5.17. The van der Waals surface area contributed by atoms with Gasteiger partial charge in [0.15, 0.2) is 11.6 Å². The molecule has 5 nitrogen and oxygen atoms in total. The molecule has 3 rings (SSSR count). The van der Waals surface area contributed by atoms with Crippen LogP contribution in [0, 0.1) is 5.82 Å². The fourth-order valence-electron chi connectivity index (χ4n) is 2.77. The highest BCUT2D eigenvalue weighted by Crippen LogP contribution is 2.18. The Hall–Kier alpha value is -3.15. The summed E-state index contributed by atoms with van der Waals surface area (Å²) in [5.74, 6) is -0.258. The van der Waals surface area contributed by atoms with E-state index in [2.05, 4.69) is 10.4 Å². The maximum Gasteiger partial charge on any atom is 0.220 e. The lowest BCUT2D eigenvalue weighted by Gasteiger charge is -2.06. The smallest absolute Gasteiger partial charge is 0.220 e. The number of rotatable bonds is 8. The highest BCUT2D eigenvalue weighted by atomic mass is 19.1. The molecule has 0 bridgehead atoms. The van der Waals surface area contributed by atoms with Crippen LogP contribution in [0.4, 0.5) is 4.39 Å². The molecule has 27 heavy (non-hydrogen) atoms. The molecular formula is C21H22FN3O2. The van der Waals surface area contributed by atoms with Crippen LogP contribution < -0.4 is 10.1 Å². The minimum atomic E-state index is -0.411. The van der Waals surface area contributed by atoms with Crippen molar-refractivity contribution in [2.75, 3.05) is 13.7 Å². The predicted molar refractivity (Wildman–Crippen MR) is 102 cm³/mol. The van der Waals surface area contributed by atoms with Crippen molar-refractivity contribution in [3.05, 3.63) is 77.9 Å². The van der Waals surface area contributed by atoms with Crippen LogP contribution in [0.15, 0.2) is 60.9 Å². The van der Waals surface area contributed by atoms with Gasteiger partial charge in [0.1, 0.15) is 0 Å². The minimum Gasteiger partial charge on any atom is -0.494 e. The van der Waals surface area contributed by atoms with Gasteiger partial charge >= 0.3 is 0 Å². The van der Waals surface area contributed by atoms with Gasteiger partial charge in [0.05, 0.1) is 19.0 Å². The quantitative estimate of drug-likeness (QED) is 0.665. The number of methoxy groups -OCH3 is 1. The zero-order chi connectivity index (χ0) is 19.1. The SMILES string of the molecule is COc1ccc(CCC(=O)NCCc2cnn(-c3ccccc3)c2)cc1F. The van der Waals surface area contributed by atoms with Gasteiger partial charge in [-0.25, -0.2) is 9.07 Å². The van der Waals surface area contributed by atoms with Crippen LogP contribution in [0.1, 0.15) is 17.5 Å². The lowest BCUT2D eigenvalue weighted by atomic mass is 10.1. The Kier molecular flexibility index (Phi) is 6.20. The van der Waals surface area contributed by atoms with Crippen molar-refractivity contribution in [3.8, 4) is 11.4 Å². The number of hydrogen-bond acceptors (Lipinski definition) is 3. The van der Waals surface area contributed by atoms with Crippen LogP contribution in [-0.2, 0) is 17.6 Å². The van der Waals surface area contributed by atoms with Crippen molar-refractivity contribution >= 4 is 5.91 Å². The summed E-state index contributed by atoms with van der Waals surface area (Å²) in [6.07, 6.45) is 5.27. The molecule has 0 aliphatic heterocycles. The Balaban J connectivity index is 1.42. The number of halogens is 1. The molecule has 0 atom stereocenters. The van der Waals surface area contributed by atoms with E-state index in [4.69, 9.17) is 4.74 Å². The van der Waals surface area contributed by atoms with Crippen molar-refractivity contribution in [1.82, 2.24) is 15.1 Å². The fraction of sp³-hybridized carbons (Fsp3) is 0.238. The second-order valence-corrected chi connectivity index (χ2v) is 6.20. The Morgan fingerprint density at radius 2 is 1.96 bits per heavy atom. The van der Waals surface area contributed by atoms with Crippen LogP contribution in [0.3, 0.4) is 0 Å². The maximum absolute atomic E-state index is 13.7. The number of carbonyl (C=O) groups excluding carboxylic acids is 1. The number of nitrogens with one attached hydrogen (secondary N) is 1. The minimum absolute atomic E-state index is 0.0540. The normalized spacial score (nSPS) is 10.6. The number of benzene rings is 2. The third-order valence-electron chi connectivity index (χ3n) is 4.25. The molecule has 140 valence electrons. The first-order valence-electron chi connectivity index (χ1n) is 8.84. The first-order valence-corrected chi connectivity index (χ1v) is 8.84. The summed E-state index contributed by atoms with van der Waals surface area (Å²) in [4.78, 5) is 12.0. The first-order chi connectivity index (χ1) is 13.2. The third-order valence-corrected chi connectivity index (χ3v) is 4.25. The maximum atomic E-state index is 13.7. The molecule has 1 aromatic heterocycles. The van der Waals surface area contributed by atoms with Crippen molar-refractivity contribution in [1.29, 1.82) is 0 Å². The molecule has 1 N–H and O–H groups in total. The van der Waals surface area contributed by atoms with Crippen LogP contribution >= 0.6 is 0 Å². The van der Waals surface area contributed by atoms with E-state index in [0.717, 1.165) is 16.8 Å². The zero-order valence-electron chi connectivity index (χ0n) is 15.2. The van der Waals surface area contributed by atoms with E-state index in [1.165, 1.54) is 13.2 Å². The van der Waals surface area contributed by atoms with Crippen LogP contribution in [0.5, 0.6) is 5.75 Å². The van der Waals surface area contributed by atoms with E-state index in [1.807, 2.05) is 41.2 Å². The lowest BCUT2D eigenvalue weighted by molar-refractivity contribution is -0.121. The number of ether oxygens (including phenoxy) is 1. The van der Waals surface area contributed by atoms with E-state index < -0.39 is 5.82 Å². The summed E-state index contributed by atoms with van der Waals surface area (Å²) in [6.45, 7) is 0.538.